The highest BCUT2D eigenvalue weighted by Crippen LogP contribution is 2.21. The van der Waals surface area contributed by atoms with Gasteiger partial charge in [0.15, 0.2) is 6.61 Å². The lowest BCUT2D eigenvalue weighted by Crippen LogP contribution is -2.51. The highest BCUT2D eigenvalue weighted by atomic mass is 16.5. The Balaban J connectivity index is 2.12. The first-order valence-electron chi connectivity index (χ1n) is 11.3. The number of hydrogen-bond acceptors (Lipinski definition) is 3. The second-order valence-corrected chi connectivity index (χ2v) is 7.88. The van der Waals surface area contributed by atoms with E-state index < -0.39 is 6.04 Å². The Bertz CT molecular complexity index is 836. The molecule has 2 aromatic carbocycles. The third-order valence-corrected chi connectivity index (χ3v) is 5.61. The third kappa shape index (κ3) is 7.42. The number of carbonyl (C=O) groups excluding carboxylic acids is 2. The minimum atomic E-state index is -0.504. The van der Waals surface area contributed by atoms with Crippen molar-refractivity contribution in [1.29, 1.82) is 0 Å². The van der Waals surface area contributed by atoms with E-state index >= 15 is 0 Å². The summed E-state index contributed by atoms with van der Waals surface area (Å²) in [5.74, 6) is 0.440. The number of rotatable bonds is 12. The van der Waals surface area contributed by atoms with Gasteiger partial charge in [0.25, 0.3) is 5.91 Å². The molecule has 0 aliphatic carbocycles. The molecular formula is C26H36N2O3. The van der Waals surface area contributed by atoms with Crippen LogP contribution in [0.5, 0.6) is 5.75 Å². The molecule has 0 radical (unpaired) electrons. The van der Waals surface area contributed by atoms with Gasteiger partial charge < -0.3 is 15.0 Å². The number of carbonyl (C=O) groups is 2. The zero-order valence-corrected chi connectivity index (χ0v) is 19.3. The molecule has 0 bridgehead atoms. The first-order valence-corrected chi connectivity index (χ1v) is 11.3. The summed E-state index contributed by atoms with van der Waals surface area (Å²) in [6, 6.07) is 15.3. The van der Waals surface area contributed by atoms with Crippen molar-refractivity contribution in [3.63, 3.8) is 0 Å². The zero-order chi connectivity index (χ0) is 22.6. The molecule has 2 amide bonds. The summed E-state index contributed by atoms with van der Waals surface area (Å²) in [5, 5.41) is 2.98. The van der Waals surface area contributed by atoms with Gasteiger partial charge in [-0.1, -0.05) is 62.7 Å². The highest BCUT2D eigenvalue weighted by molar-refractivity contribution is 5.88. The summed E-state index contributed by atoms with van der Waals surface area (Å²) in [6.45, 7) is 9.05. The van der Waals surface area contributed by atoms with Crippen LogP contribution in [0.4, 0.5) is 0 Å². The molecular weight excluding hydrogens is 388 g/mol. The largest absolute Gasteiger partial charge is 0.483 e. The molecule has 0 saturated carbocycles. The SMILES string of the molecule is CCCCNC(=O)[C@@H](CC)N(CCc1ccccc1)C(=O)COc1cccc(C)c1C. The molecule has 2 aromatic rings. The van der Waals surface area contributed by atoms with Gasteiger partial charge in [0.1, 0.15) is 11.8 Å². The van der Waals surface area contributed by atoms with Gasteiger partial charge >= 0.3 is 0 Å². The average Bonchev–Trinajstić information content (AvgIpc) is 2.78. The number of nitrogens with one attached hydrogen (secondary N) is 1. The van der Waals surface area contributed by atoms with E-state index in [1.54, 1.807) is 4.90 Å². The minimum absolute atomic E-state index is 0.0855. The average molecular weight is 425 g/mol. The van der Waals surface area contributed by atoms with Gasteiger partial charge in [-0.05, 0) is 55.9 Å². The highest BCUT2D eigenvalue weighted by Gasteiger charge is 2.28. The van der Waals surface area contributed by atoms with Crippen molar-refractivity contribution in [2.75, 3.05) is 19.7 Å². The maximum absolute atomic E-state index is 13.2. The van der Waals surface area contributed by atoms with Crippen LogP contribution in [-0.2, 0) is 16.0 Å². The summed E-state index contributed by atoms with van der Waals surface area (Å²) in [5.41, 5.74) is 3.28. The van der Waals surface area contributed by atoms with Crippen molar-refractivity contribution < 1.29 is 14.3 Å². The van der Waals surface area contributed by atoms with Crippen LogP contribution in [0.3, 0.4) is 0 Å². The van der Waals surface area contributed by atoms with Gasteiger partial charge in [-0.2, -0.15) is 0 Å². The van der Waals surface area contributed by atoms with Crippen LogP contribution in [0.15, 0.2) is 48.5 Å². The Morgan fingerprint density at radius 2 is 1.77 bits per heavy atom. The zero-order valence-electron chi connectivity index (χ0n) is 19.3. The number of ether oxygens (including phenoxy) is 1. The molecule has 0 fully saturated rings. The van der Waals surface area contributed by atoms with E-state index in [9.17, 15) is 9.59 Å². The van der Waals surface area contributed by atoms with Gasteiger partial charge in [0.2, 0.25) is 5.91 Å². The predicted molar refractivity (Wildman–Crippen MR) is 125 cm³/mol. The fraction of sp³-hybridized carbons (Fsp3) is 0.462. The van der Waals surface area contributed by atoms with E-state index in [2.05, 4.69) is 12.2 Å². The minimum Gasteiger partial charge on any atom is -0.483 e. The Labute approximate surface area is 186 Å². The van der Waals surface area contributed by atoms with Crippen LogP contribution in [0, 0.1) is 13.8 Å². The number of benzene rings is 2. The third-order valence-electron chi connectivity index (χ3n) is 5.61. The quantitative estimate of drug-likeness (QED) is 0.512. The van der Waals surface area contributed by atoms with Gasteiger partial charge in [-0.3, -0.25) is 9.59 Å². The number of nitrogens with zero attached hydrogens (tertiary/aromatic N) is 1. The summed E-state index contributed by atoms with van der Waals surface area (Å²) < 4.78 is 5.86. The maximum atomic E-state index is 13.2. The molecule has 0 unspecified atom stereocenters. The van der Waals surface area contributed by atoms with E-state index in [1.807, 2.05) is 69.3 Å². The van der Waals surface area contributed by atoms with E-state index in [-0.39, 0.29) is 18.4 Å². The van der Waals surface area contributed by atoms with Gasteiger partial charge in [0.05, 0.1) is 0 Å². The van der Waals surface area contributed by atoms with E-state index in [0.29, 0.717) is 31.7 Å². The number of amides is 2. The van der Waals surface area contributed by atoms with E-state index in [1.165, 1.54) is 0 Å². The maximum Gasteiger partial charge on any atom is 0.261 e. The molecule has 0 spiro atoms. The Kier molecular flexibility index (Phi) is 10.1. The molecule has 5 nitrogen and oxygen atoms in total. The van der Waals surface area contributed by atoms with Gasteiger partial charge in [-0.25, -0.2) is 0 Å². The summed E-state index contributed by atoms with van der Waals surface area (Å²) in [7, 11) is 0. The number of aryl methyl sites for hydroxylation is 1. The Morgan fingerprint density at radius 1 is 1.03 bits per heavy atom. The topological polar surface area (TPSA) is 58.6 Å². The first kappa shape index (κ1) is 24.4. The van der Waals surface area contributed by atoms with Crippen molar-refractivity contribution >= 4 is 11.8 Å². The molecule has 1 atom stereocenters. The van der Waals surface area contributed by atoms with Crippen LogP contribution in [-0.4, -0.2) is 42.5 Å². The molecule has 31 heavy (non-hydrogen) atoms. The standard InChI is InChI=1S/C26H36N2O3/c1-5-7-17-27-26(30)23(6-2)28(18-16-22-13-9-8-10-14-22)25(29)19-31-24-15-11-12-20(3)21(24)4/h8-15,23H,5-7,16-19H2,1-4H3,(H,27,30)/t23-/m1/s1. The first-order chi connectivity index (χ1) is 15.0. The summed E-state index contributed by atoms with van der Waals surface area (Å²) in [4.78, 5) is 27.7. The molecule has 0 aliphatic heterocycles. The fourth-order valence-corrected chi connectivity index (χ4v) is 3.51. The lowest BCUT2D eigenvalue weighted by molar-refractivity contribution is -0.142. The molecule has 0 heterocycles. The van der Waals surface area contributed by atoms with E-state index in [0.717, 1.165) is 29.5 Å². The second-order valence-electron chi connectivity index (χ2n) is 7.88. The lowest BCUT2D eigenvalue weighted by atomic mass is 10.1. The van der Waals surface area contributed by atoms with Crippen molar-refractivity contribution in [3.8, 4) is 5.75 Å². The molecule has 0 aromatic heterocycles. The summed E-state index contributed by atoms with van der Waals surface area (Å²) >= 11 is 0. The van der Waals surface area contributed by atoms with Crippen LogP contribution >= 0.6 is 0 Å². The van der Waals surface area contributed by atoms with Crippen LogP contribution < -0.4 is 10.1 Å². The molecule has 0 aliphatic rings. The fourth-order valence-electron chi connectivity index (χ4n) is 3.51. The molecule has 0 saturated heterocycles. The van der Waals surface area contributed by atoms with Crippen molar-refractivity contribution in [2.24, 2.45) is 0 Å². The number of unbranched alkanes of at least 4 members (excludes halogenated alkanes) is 1. The Morgan fingerprint density at radius 3 is 2.45 bits per heavy atom. The van der Waals surface area contributed by atoms with E-state index in [4.69, 9.17) is 4.74 Å². The lowest BCUT2D eigenvalue weighted by Gasteiger charge is -2.30. The van der Waals surface area contributed by atoms with Gasteiger partial charge in [-0.15, -0.1) is 0 Å². The second kappa shape index (κ2) is 12.8. The van der Waals surface area contributed by atoms with Crippen LogP contribution in [0.2, 0.25) is 0 Å². The predicted octanol–water partition coefficient (Wildman–Crippen LogP) is 4.45. The molecule has 5 heteroatoms. The molecule has 1 N–H and O–H groups in total. The van der Waals surface area contributed by atoms with Crippen molar-refractivity contribution in [3.05, 3.63) is 65.2 Å². The van der Waals surface area contributed by atoms with Crippen molar-refractivity contribution in [1.82, 2.24) is 10.2 Å². The Hall–Kier alpha value is -2.82. The van der Waals surface area contributed by atoms with Gasteiger partial charge in [0, 0.05) is 13.1 Å². The summed E-state index contributed by atoms with van der Waals surface area (Å²) in [6.07, 6.45) is 3.18. The molecule has 168 valence electrons. The van der Waals surface area contributed by atoms with Crippen LogP contribution in [0.25, 0.3) is 0 Å². The normalized spacial score (nSPS) is 11.6. The van der Waals surface area contributed by atoms with Crippen molar-refractivity contribution in [2.45, 2.75) is 59.4 Å². The monoisotopic (exact) mass is 424 g/mol. The number of hydrogen-bond donors (Lipinski definition) is 1. The smallest absolute Gasteiger partial charge is 0.261 e. The van der Waals surface area contributed by atoms with Crippen LogP contribution in [0.1, 0.15) is 49.8 Å². The molecule has 2 rings (SSSR count).